The summed E-state index contributed by atoms with van der Waals surface area (Å²) in [5.41, 5.74) is 2.05. The van der Waals surface area contributed by atoms with Gasteiger partial charge in [-0.3, -0.25) is 0 Å². The van der Waals surface area contributed by atoms with Crippen molar-refractivity contribution in [3.05, 3.63) is 53.9 Å². The van der Waals surface area contributed by atoms with Crippen LogP contribution in [0.25, 0.3) is 0 Å². The van der Waals surface area contributed by atoms with Gasteiger partial charge in [0.25, 0.3) is 6.08 Å². The number of hydrogen-bond donors (Lipinski definition) is 0. The minimum Gasteiger partial charge on any atom is -0.303 e. The molecule has 0 unspecified atom stereocenters. The van der Waals surface area contributed by atoms with E-state index >= 15 is 0 Å². The lowest BCUT2D eigenvalue weighted by Gasteiger charge is -2.09. The highest BCUT2D eigenvalue weighted by atomic mass is 19.1. The Balaban J connectivity index is 1.76. The van der Waals surface area contributed by atoms with Crippen molar-refractivity contribution in [1.82, 2.24) is 9.55 Å². The molecule has 1 aliphatic carbocycles. The van der Waals surface area contributed by atoms with Gasteiger partial charge in [-0.05, 0) is 18.4 Å². The summed E-state index contributed by atoms with van der Waals surface area (Å²) in [6.45, 7) is 0.562. The highest BCUT2D eigenvalue weighted by Crippen LogP contribution is 2.31. The number of benzene rings is 1. The van der Waals surface area contributed by atoms with E-state index in [0.717, 1.165) is 24.1 Å². The third-order valence-corrected chi connectivity index (χ3v) is 4.22. The molecule has 1 saturated carbocycles. The number of aromatic nitrogens is 2. The second-order valence-corrected chi connectivity index (χ2v) is 5.74. The van der Waals surface area contributed by atoms with Crippen molar-refractivity contribution in [3.63, 3.8) is 0 Å². The average Bonchev–Trinajstić information content (AvgIpc) is 2.70. The van der Waals surface area contributed by atoms with E-state index in [9.17, 15) is 4.39 Å². The second kappa shape index (κ2) is 6.21. The van der Waals surface area contributed by atoms with E-state index in [1.165, 1.54) is 25.7 Å². The molecular formula is C17H21FN2. The molecule has 0 bridgehead atoms. The van der Waals surface area contributed by atoms with Gasteiger partial charge in [0.05, 0.1) is 12.2 Å². The number of hydrogen-bond acceptors (Lipinski definition) is 1. The SMILES string of the molecule is Fc1nc(C2CCCCCC2)cn1Cc1ccccc1. The van der Waals surface area contributed by atoms with Crippen LogP contribution in [0.1, 0.15) is 55.7 Å². The first-order valence-corrected chi connectivity index (χ1v) is 7.59. The van der Waals surface area contributed by atoms with Crippen molar-refractivity contribution in [2.24, 2.45) is 0 Å². The lowest BCUT2D eigenvalue weighted by atomic mass is 9.97. The van der Waals surface area contributed by atoms with Gasteiger partial charge in [-0.15, -0.1) is 0 Å². The second-order valence-electron chi connectivity index (χ2n) is 5.74. The average molecular weight is 272 g/mol. The molecule has 1 aliphatic rings. The Bertz CT molecular complexity index is 539. The molecule has 0 aliphatic heterocycles. The molecule has 1 aromatic carbocycles. The monoisotopic (exact) mass is 272 g/mol. The molecule has 0 N–H and O–H groups in total. The van der Waals surface area contributed by atoms with Crippen LogP contribution in [0.15, 0.2) is 36.5 Å². The van der Waals surface area contributed by atoms with Crippen molar-refractivity contribution >= 4 is 0 Å². The zero-order valence-electron chi connectivity index (χ0n) is 11.8. The van der Waals surface area contributed by atoms with E-state index in [4.69, 9.17) is 0 Å². The summed E-state index contributed by atoms with van der Waals surface area (Å²) >= 11 is 0. The molecule has 20 heavy (non-hydrogen) atoms. The standard InChI is InChI=1S/C17H21FN2/c18-17-19-16(15-10-6-1-2-7-11-15)13-20(17)12-14-8-4-3-5-9-14/h3-5,8-9,13,15H,1-2,6-7,10-12H2. The Morgan fingerprint density at radius 1 is 1.05 bits per heavy atom. The van der Waals surface area contributed by atoms with Gasteiger partial charge >= 0.3 is 0 Å². The van der Waals surface area contributed by atoms with Crippen LogP contribution in [0, 0.1) is 6.08 Å². The smallest absolute Gasteiger partial charge is 0.289 e. The van der Waals surface area contributed by atoms with Crippen molar-refractivity contribution < 1.29 is 4.39 Å². The maximum Gasteiger partial charge on any atom is 0.289 e. The summed E-state index contributed by atoms with van der Waals surface area (Å²) in [5.74, 6) is 0.448. The van der Waals surface area contributed by atoms with Crippen molar-refractivity contribution in [2.45, 2.75) is 51.0 Å². The van der Waals surface area contributed by atoms with Crippen LogP contribution >= 0.6 is 0 Å². The number of halogens is 1. The fourth-order valence-electron chi connectivity index (χ4n) is 3.08. The third kappa shape index (κ3) is 3.09. The van der Waals surface area contributed by atoms with Crippen molar-refractivity contribution in [3.8, 4) is 0 Å². The summed E-state index contributed by atoms with van der Waals surface area (Å²) in [4.78, 5) is 4.17. The predicted molar refractivity (Wildman–Crippen MR) is 78.2 cm³/mol. The topological polar surface area (TPSA) is 17.8 Å². The molecule has 106 valence electrons. The van der Waals surface area contributed by atoms with Crippen molar-refractivity contribution in [1.29, 1.82) is 0 Å². The molecule has 0 saturated heterocycles. The first-order chi connectivity index (χ1) is 9.83. The van der Waals surface area contributed by atoms with E-state index in [1.54, 1.807) is 4.57 Å². The van der Waals surface area contributed by atoms with Crippen LogP contribution in [0.5, 0.6) is 0 Å². The molecule has 0 atom stereocenters. The van der Waals surface area contributed by atoms with Crippen LogP contribution in [-0.4, -0.2) is 9.55 Å². The van der Waals surface area contributed by atoms with Gasteiger partial charge in [-0.25, -0.2) is 4.98 Å². The minimum absolute atomic E-state index is 0.354. The van der Waals surface area contributed by atoms with E-state index in [1.807, 2.05) is 36.5 Å². The van der Waals surface area contributed by atoms with Crippen LogP contribution in [0.4, 0.5) is 4.39 Å². The van der Waals surface area contributed by atoms with E-state index in [0.29, 0.717) is 12.5 Å². The van der Waals surface area contributed by atoms with Crippen LogP contribution in [0.3, 0.4) is 0 Å². The lowest BCUT2D eigenvalue weighted by molar-refractivity contribution is 0.481. The molecule has 0 amide bonds. The zero-order valence-corrected chi connectivity index (χ0v) is 11.8. The maximum absolute atomic E-state index is 14.0. The Hall–Kier alpha value is -1.64. The Morgan fingerprint density at radius 3 is 2.45 bits per heavy atom. The molecule has 0 spiro atoms. The first kappa shape index (κ1) is 13.3. The van der Waals surface area contributed by atoms with Crippen LogP contribution in [0.2, 0.25) is 0 Å². The molecule has 2 aromatic rings. The van der Waals surface area contributed by atoms with Crippen molar-refractivity contribution in [2.75, 3.05) is 0 Å². The fourth-order valence-corrected chi connectivity index (χ4v) is 3.08. The molecule has 3 rings (SSSR count). The molecular weight excluding hydrogens is 251 g/mol. The van der Waals surface area contributed by atoms with Gasteiger partial charge in [0.2, 0.25) is 0 Å². The van der Waals surface area contributed by atoms with Gasteiger partial charge in [-0.2, -0.15) is 4.39 Å². The summed E-state index contributed by atoms with van der Waals surface area (Å²) in [5, 5.41) is 0. The third-order valence-electron chi connectivity index (χ3n) is 4.22. The van der Waals surface area contributed by atoms with E-state index in [-0.39, 0.29) is 6.08 Å². The minimum atomic E-state index is -0.354. The van der Waals surface area contributed by atoms with Gasteiger partial charge in [0.1, 0.15) is 0 Å². The molecule has 3 heteroatoms. The van der Waals surface area contributed by atoms with E-state index < -0.39 is 0 Å². The number of nitrogens with zero attached hydrogens (tertiary/aromatic N) is 2. The normalized spacial score (nSPS) is 17.1. The molecule has 1 fully saturated rings. The van der Waals surface area contributed by atoms with Crippen LogP contribution in [-0.2, 0) is 6.54 Å². The zero-order chi connectivity index (χ0) is 13.8. The van der Waals surface area contributed by atoms with Gasteiger partial charge in [-0.1, -0.05) is 56.0 Å². The van der Waals surface area contributed by atoms with Gasteiger partial charge < -0.3 is 4.57 Å². The fraction of sp³-hybridized carbons (Fsp3) is 0.471. The van der Waals surface area contributed by atoms with Gasteiger partial charge in [0, 0.05) is 12.1 Å². The molecule has 0 radical (unpaired) electrons. The highest BCUT2D eigenvalue weighted by molar-refractivity contribution is 5.16. The lowest BCUT2D eigenvalue weighted by Crippen LogP contribution is -2.01. The van der Waals surface area contributed by atoms with E-state index in [2.05, 4.69) is 4.98 Å². The Morgan fingerprint density at radius 2 is 1.75 bits per heavy atom. The number of imidazole rings is 1. The summed E-state index contributed by atoms with van der Waals surface area (Å²) in [7, 11) is 0. The van der Waals surface area contributed by atoms with Gasteiger partial charge in [0.15, 0.2) is 0 Å². The molecule has 2 nitrogen and oxygen atoms in total. The quantitative estimate of drug-likeness (QED) is 0.752. The Kier molecular flexibility index (Phi) is 4.14. The highest BCUT2D eigenvalue weighted by Gasteiger charge is 2.19. The summed E-state index contributed by atoms with van der Waals surface area (Å²) < 4.78 is 15.6. The summed E-state index contributed by atoms with van der Waals surface area (Å²) in [6.07, 6.45) is 8.98. The number of rotatable bonds is 3. The Labute approximate surface area is 119 Å². The van der Waals surface area contributed by atoms with Crippen LogP contribution < -0.4 is 0 Å². The maximum atomic E-state index is 14.0. The predicted octanol–water partition coefficient (Wildman–Crippen LogP) is 4.51. The molecule has 1 heterocycles. The largest absolute Gasteiger partial charge is 0.303 e. The summed E-state index contributed by atoms with van der Waals surface area (Å²) in [6, 6.07) is 9.98. The molecule has 1 aromatic heterocycles. The first-order valence-electron chi connectivity index (χ1n) is 7.59.